The predicted octanol–water partition coefficient (Wildman–Crippen LogP) is 1.27. The Labute approximate surface area is 147 Å². The maximum atomic E-state index is 12.9. The number of para-hydroxylation sites is 1. The van der Waals surface area contributed by atoms with E-state index in [4.69, 9.17) is 9.57 Å². The Morgan fingerprint density at radius 1 is 1.16 bits per heavy atom. The van der Waals surface area contributed by atoms with Gasteiger partial charge in [-0.2, -0.15) is 0 Å². The molecule has 0 radical (unpaired) electrons. The van der Waals surface area contributed by atoms with Gasteiger partial charge in [-0.05, 0) is 19.1 Å². The third kappa shape index (κ3) is 3.31. The van der Waals surface area contributed by atoms with E-state index in [-0.39, 0.29) is 11.8 Å². The third-order valence-corrected chi connectivity index (χ3v) is 4.74. The van der Waals surface area contributed by atoms with Gasteiger partial charge < -0.3 is 19.4 Å². The van der Waals surface area contributed by atoms with Gasteiger partial charge in [0.25, 0.3) is 5.91 Å². The van der Waals surface area contributed by atoms with Gasteiger partial charge in [-0.25, -0.2) is 0 Å². The largest absolute Gasteiger partial charge is 0.496 e. The number of hydrogen-bond acceptors (Lipinski definition) is 5. The molecule has 2 aliphatic rings. The van der Waals surface area contributed by atoms with Crippen molar-refractivity contribution in [3.8, 4) is 5.75 Å². The van der Waals surface area contributed by atoms with Gasteiger partial charge in [-0.15, -0.1) is 0 Å². The molecule has 0 N–H and O–H groups in total. The molecular formula is C18H23N3O4. The highest BCUT2D eigenvalue weighted by atomic mass is 16.7. The molecule has 25 heavy (non-hydrogen) atoms. The van der Waals surface area contributed by atoms with Crippen LogP contribution in [0, 0.1) is 0 Å². The highest BCUT2D eigenvalue weighted by Crippen LogP contribution is 2.32. The normalized spacial score (nSPS) is 23.1. The van der Waals surface area contributed by atoms with Crippen LogP contribution in [0.15, 0.2) is 29.4 Å². The standard InChI is InChI=1S/C18H23N3O4/c1-13(22)20-8-10-21(11-9-20)17(23)18(2)12-15(19-25-18)14-6-4-5-7-16(14)24-3/h4-7H,8-12H2,1-3H3/t18-/m1/s1. The lowest BCUT2D eigenvalue weighted by molar-refractivity contribution is -0.156. The average Bonchev–Trinajstić information content (AvgIpc) is 3.04. The van der Waals surface area contributed by atoms with Gasteiger partial charge in [0.15, 0.2) is 0 Å². The number of amides is 2. The van der Waals surface area contributed by atoms with E-state index in [0.29, 0.717) is 44.1 Å². The summed E-state index contributed by atoms with van der Waals surface area (Å²) in [6, 6.07) is 7.55. The summed E-state index contributed by atoms with van der Waals surface area (Å²) >= 11 is 0. The van der Waals surface area contributed by atoms with Crippen molar-refractivity contribution in [1.29, 1.82) is 0 Å². The van der Waals surface area contributed by atoms with Crippen LogP contribution in [0.25, 0.3) is 0 Å². The average molecular weight is 345 g/mol. The molecular weight excluding hydrogens is 322 g/mol. The number of nitrogens with zero attached hydrogens (tertiary/aromatic N) is 3. The minimum atomic E-state index is -1.02. The second kappa shape index (κ2) is 6.74. The van der Waals surface area contributed by atoms with E-state index in [0.717, 1.165) is 5.56 Å². The summed E-state index contributed by atoms with van der Waals surface area (Å²) in [6.07, 6.45) is 0.388. The van der Waals surface area contributed by atoms with Gasteiger partial charge in [-0.3, -0.25) is 9.59 Å². The van der Waals surface area contributed by atoms with Gasteiger partial charge in [0, 0.05) is 45.1 Å². The molecule has 2 aliphatic heterocycles. The molecule has 0 spiro atoms. The van der Waals surface area contributed by atoms with Crippen molar-refractivity contribution in [1.82, 2.24) is 9.80 Å². The van der Waals surface area contributed by atoms with Crippen molar-refractivity contribution >= 4 is 17.5 Å². The maximum Gasteiger partial charge on any atom is 0.269 e. The minimum Gasteiger partial charge on any atom is -0.496 e. The molecule has 0 aliphatic carbocycles. The maximum absolute atomic E-state index is 12.9. The molecule has 1 saturated heterocycles. The first-order valence-corrected chi connectivity index (χ1v) is 8.38. The second-order valence-corrected chi connectivity index (χ2v) is 6.54. The molecule has 1 aromatic rings. The Morgan fingerprint density at radius 3 is 2.44 bits per heavy atom. The van der Waals surface area contributed by atoms with Crippen molar-refractivity contribution in [3.05, 3.63) is 29.8 Å². The zero-order chi connectivity index (χ0) is 18.0. The number of hydrogen-bond donors (Lipinski definition) is 0. The molecule has 134 valence electrons. The Bertz CT molecular complexity index is 710. The molecule has 0 aromatic heterocycles. The molecule has 3 rings (SSSR count). The topological polar surface area (TPSA) is 71.4 Å². The summed E-state index contributed by atoms with van der Waals surface area (Å²) in [7, 11) is 1.61. The molecule has 1 atom stereocenters. The quantitative estimate of drug-likeness (QED) is 0.827. The number of carbonyl (C=O) groups excluding carboxylic acids is 2. The fourth-order valence-electron chi connectivity index (χ4n) is 3.24. The summed E-state index contributed by atoms with van der Waals surface area (Å²) in [5.74, 6) is 0.651. The predicted molar refractivity (Wildman–Crippen MR) is 92.5 cm³/mol. The zero-order valence-electron chi connectivity index (χ0n) is 14.8. The van der Waals surface area contributed by atoms with Crippen molar-refractivity contribution in [2.45, 2.75) is 25.9 Å². The number of oxime groups is 1. The second-order valence-electron chi connectivity index (χ2n) is 6.54. The van der Waals surface area contributed by atoms with Gasteiger partial charge >= 0.3 is 0 Å². The smallest absolute Gasteiger partial charge is 0.269 e. The molecule has 2 amide bonds. The van der Waals surface area contributed by atoms with E-state index < -0.39 is 5.60 Å². The lowest BCUT2D eigenvalue weighted by Crippen LogP contribution is -2.55. The van der Waals surface area contributed by atoms with Crippen LogP contribution in [0.3, 0.4) is 0 Å². The molecule has 2 heterocycles. The number of rotatable bonds is 3. The highest BCUT2D eigenvalue weighted by molar-refractivity contribution is 6.07. The zero-order valence-corrected chi connectivity index (χ0v) is 14.8. The summed E-state index contributed by atoms with van der Waals surface area (Å²) < 4.78 is 5.37. The molecule has 0 saturated carbocycles. The molecule has 7 nitrogen and oxygen atoms in total. The highest BCUT2D eigenvalue weighted by Gasteiger charge is 2.45. The van der Waals surface area contributed by atoms with Crippen LogP contribution in [-0.2, 0) is 14.4 Å². The van der Waals surface area contributed by atoms with Gasteiger partial charge in [0.1, 0.15) is 5.75 Å². The van der Waals surface area contributed by atoms with Crippen molar-refractivity contribution < 1.29 is 19.2 Å². The van der Waals surface area contributed by atoms with Crippen LogP contribution in [0.5, 0.6) is 5.75 Å². The van der Waals surface area contributed by atoms with Crippen molar-refractivity contribution in [2.24, 2.45) is 5.16 Å². The number of piperazine rings is 1. The van der Waals surface area contributed by atoms with Crippen molar-refractivity contribution in [3.63, 3.8) is 0 Å². The van der Waals surface area contributed by atoms with Crippen LogP contribution in [-0.4, -0.2) is 66.2 Å². The van der Waals surface area contributed by atoms with E-state index in [9.17, 15) is 9.59 Å². The number of ether oxygens (including phenoxy) is 1. The number of methoxy groups -OCH3 is 1. The monoisotopic (exact) mass is 345 g/mol. The molecule has 0 unspecified atom stereocenters. The van der Waals surface area contributed by atoms with Gasteiger partial charge in [0.05, 0.1) is 12.8 Å². The summed E-state index contributed by atoms with van der Waals surface area (Å²) in [5, 5.41) is 4.15. The Hall–Kier alpha value is -2.57. The number of carbonyl (C=O) groups is 2. The van der Waals surface area contributed by atoms with Crippen LogP contribution >= 0.6 is 0 Å². The minimum absolute atomic E-state index is 0.0391. The van der Waals surface area contributed by atoms with Crippen molar-refractivity contribution in [2.75, 3.05) is 33.3 Å². The Balaban J connectivity index is 1.68. The molecule has 1 aromatic carbocycles. The van der Waals surface area contributed by atoms with Crippen LogP contribution in [0.4, 0.5) is 0 Å². The number of benzene rings is 1. The summed E-state index contributed by atoms with van der Waals surface area (Å²) in [6.45, 7) is 5.45. The van der Waals surface area contributed by atoms with E-state index in [1.807, 2.05) is 24.3 Å². The third-order valence-electron chi connectivity index (χ3n) is 4.74. The van der Waals surface area contributed by atoms with Crippen LogP contribution in [0.1, 0.15) is 25.8 Å². The molecule has 1 fully saturated rings. The fourth-order valence-corrected chi connectivity index (χ4v) is 3.24. The van der Waals surface area contributed by atoms with E-state index in [2.05, 4.69) is 5.16 Å². The lowest BCUT2D eigenvalue weighted by atomic mass is 9.94. The molecule has 7 heteroatoms. The Kier molecular flexibility index (Phi) is 4.65. The van der Waals surface area contributed by atoms with Gasteiger partial charge in [0.2, 0.25) is 11.5 Å². The van der Waals surface area contributed by atoms with Crippen LogP contribution < -0.4 is 4.74 Å². The lowest BCUT2D eigenvalue weighted by Gasteiger charge is -2.37. The van der Waals surface area contributed by atoms with E-state index >= 15 is 0 Å². The van der Waals surface area contributed by atoms with Crippen LogP contribution in [0.2, 0.25) is 0 Å². The summed E-state index contributed by atoms with van der Waals surface area (Å²) in [5.41, 5.74) is 0.521. The molecule has 0 bridgehead atoms. The first-order valence-electron chi connectivity index (χ1n) is 8.38. The summed E-state index contributed by atoms with van der Waals surface area (Å²) in [4.78, 5) is 33.4. The Morgan fingerprint density at radius 2 is 1.80 bits per heavy atom. The first-order chi connectivity index (χ1) is 11.9. The van der Waals surface area contributed by atoms with E-state index in [1.165, 1.54) is 0 Å². The first kappa shape index (κ1) is 17.3. The van der Waals surface area contributed by atoms with Gasteiger partial charge in [-0.1, -0.05) is 17.3 Å². The van der Waals surface area contributed by atoms with E-state index in [1.54, 1.807) is 30.8 Å². The fraction of sp³-hybridized carbons (Fsp3) is 0.500. The SMILES string of the molecule is COc1ccccc1C1=NO[C@@](C)(C(=O)N2CCN(C(C)=O)CC2)C1.